The molecule has 3 heteroatoms. The van der Waals surface area contributed by atoms with Gasteiger partial charge < -0.3 is 5.32 Å². The van der Waals surface area contributed by atoms with Crippen LogP contribution in [0.3, 0.4) is 0 Å². The van der Waals surface area contributed by atoms with E-state index in [1.807, 2.05) is 11.8 Å². The van der Waals surface area contributed by atoms with E-state index in [-0.39, 0.29) is 0 Å². The fraction of sp³-hybridized carbons (Fsp3) is 1.00. The van der Waals surface area contributed by atoms with Crippen molar-refractivity contribution in [3.05, 3.63) is 0 Å². The third kappa shape index (κ3) is 4.27. The molecule has 1 rings (SSSR count). The van der Waals surface area contributed by atoms with Crippen LogP contribution in [0.1, 0.15) is 33.6 Å². The summed E-state index contributed by atoms with van der Waals surface area (Å²) >= 11 is 1.96. The van der Waals surface area contributed by atoms with Crippen molar-refractivity contribution in [1.82, 2.24) is 10.2 Å². The molecule has 0 amide bonds. The van der Waals surface area contributed by atoms with E-state index in [4.69, 9.17) is 0 Å². The van der Waals surface area contributed by atoms with Crippen molar-refractivity contribution in [1.29, 1.82) is 0 Å². The molecule has 0 spiro atoms. The Bertz CT molecular complexity index is 185. The molecule has 2 unspecified atom stereocenters. The first-order chi connectivity index (χ1) is 7.69. The van der Waals surface area contributed by atoms with Crippen molar-refractivity contribution in [3.8, 4) is 0 Å². The lowest BCUT2D eigenvalue weighted by atomic mass is 9.97. The normalized spacial score (nSPS) is 27.6. The first-order valence-corrected chi connectivity index (χ1v) is 8.04. The summed E-state index contributed by atoms with van der Waals surface area (Å²) < 4.78 is 0. The minimum absolute atomic E-state index is 0.712. The van der Waals surface area contributed by atoms with Gasteiger partial charge >= 0.3 is 0 Å². The zero-order valence-corrected chi connectivity index (χ0v) is 12.1. The molecule has 0 aromatic carbocycles. The number of rotatable bonds is 6. The number of thioether (sulfide) groups is 1. The maximum Gasteiger partial charge on any atom is 0.0244 e. The predicted octanol–water partition coefficient (Wildman–Crippen LogP) is 2.45. The van der Waals surface area contributed by atoms with Crippen LogP contribution in [0.2, 0.25) is 0 Å². The summed E-state index contributed by atoms with van der Waals surface area (Å²) in [5.74, 6) is 2.06. The third-order valence-corrected chi connectivity index (χ3v) is 4.29. The fourth-order valence-corrected chi connectivity index (χ4v) is 2.92. The lowest BCUT2D eigenvalue weighted by molar-refractivity contribution is 0.0977. The van der Waals surface area contributed by atoms with E-state index in [0.29, 0.717) is 6.04 Å². The highest BCUT2D eigenvalue weighted by atomic mass is 32.2. The van der Waals surface area contributed by atoms with Crippen LogP contribution in [0.5, 0.6) is 0 Å². The Labute approximate surface area is 106 Å². The van der Waals surface area contributed by atoms with Crippen LogP contribution >= 0.6 is 11.8 Å². The second kappa shape index (κ2) is 7.57. The molecule has 1 aliphatic heterocycles. The summed E-state index contributed by atoms with van der Waals surface area (Å²) in [6.07, 6.45) is 4.79. The lowest BCUT2D eigenvalue weighted by Crippen LogP contribution is -2.58. The molecule has 16 heavy (non-hydrogen) atoms. The summed E-state index contributed by atoms with van der Waals surface area (Å²) in [5, 5.41) is 3.67. The summed E-state index contributed by atoms with van der Waals surface area (Å²) in [6.45, 7) is 10.7. The minimum Gasteiger partial charge on any atom is -0.311 e. The Morgan fingerprint density at radius 2 is 2.19 bits per heavy atom. The molecule has 0 aromatic rings. The van der Waals surface area contributed by atoms with E-state index < -0.39 is 0 Å². The van der Waals surface area contributed by atoms with Crippen molar-refractivity contribution in [2.24, 2.45) is 5.92 Å². The van der Waals surface area contributed by atoms with Gasteiger partial charge in [0, 0.05) is 25.2 Å². The van der Waals surface area contributed by atoms with Gasteiger partial charge in [-0.1, -0.05) is 20.8 Å². The molecule has 1 saturated heterocycles. The molecule has 1 aliphatic rings. The molecular formula is C13H28N2S. The lowest BCUT2D eigenvalue weighted by Gasteiger charge is -2.42. The zero-order valence-electron chi connectivity index (χ0n) is 11.3. The van der Waals surface area contributed by atoms with Gasteiger partial charge in [0.05, 0.1) is 0 Å². The maximum atomic E-state index is 3.67. The third-order valence-electron chi connectivity index (χ3n) is 3.60. The summed E-state index contributed by atoms with van der Waals surface area (Å²) in [6, 6.07) is 1.45. The number of piperazine rings is 1. The molecule has 2 nitrogen and oxygen atoms in total. The molecule has 96 valence electrons. The first-order valence-electron chi connectivity index (χ1n) is 6.65. The molecule has 2 atom stereocenters. The van der Waals surface area contributed by atoms with Crippen molar-refractivity contribution < 1.29 is 0 Å². The first kappa shape index (κ1) is 14.3. The van der Waals surface area contributed by atoms with Gasteiger partial charge in [-0.05, 0) is 37.3 Å². The largest absolute Gasteiger partial charge is 0.311 e. The van der Waals surface area contributed by atoms with E-state index >= 15 is 0 Å². The molecule has 1 N–H and O–H groups in total. The Hall–Kier alpha value is 0.270. The fourth-order valence-electron chi connectivity index (χ4n) is 2.50. The van der Waals surface area contributed by atoms with Gasteiger partial charge in [0.15, 0.2) is 0 Å². The second-order valence-corrected chi connectivity index (χ2v) is 6.15. The van der Waals surface area contributed by atoms with Gasteiger partial charge in [-0.25, -0.2) is 0 Å². The number of hydrogen-bond donors (Lipinski definition) is 1. The Morgan fingerprint density at radius 1 is 1.44 bits per heavy atom. The van der Waals surface area contributed by atoms with Crippen LogP contribution in [0.15, 0.2) is 0 Å². The number of nitrogens with one attached hydrogen (secondary N) is 1. The molecule has 1 fully saturated rings. The highest BCUT2D eigenvalue weighted by Crippen LogP contribution is 2.17. The van der Waals surface area contributed by atoms with Crippen LogP contribution in [-0.4, -0.2) is 48.6 Å². The van der Waals surface area contributed by atoms with Crippen LogP contribution in [-0.2, 0) is 0 Å². The molecule has 0 saturated carbocycles. The molecular weight excluding hydrogens is 216 g/mol. The minimum atomic E-state index is 0.712. The molecule has 0 aliphatic carbocycles. The van der Waals surface area contributed by atoms with Crippen LogP contribution in [0.4, 0.5) is 0 Å². The Balaban J connectivity index is 2.43. The quantitative estimate of drug-likeness (QED) is 0.723. The molecule has 0 radical (unpaired) electrons. The summed E-state index contributed by atoms with van der Waals surface area (Å²) in [5.41, 5.74) is 0. The average molecular weight is 244 g/mol. The standard InChI is InChI=1S/C13H28N2S/c1-5-12-10-15(7-6-8-16-4)13(9-14-12)11(2)3/h11-14H,5-10H2,1-4H3. The highest BCUT2D eigenvalue weighted by Gasteiger charge is 2.28. The van der Waals surface area contributed by atoms with E-state index in [1.54, 1.807) is 0 Å². The van der Waals surface area contributed by atoms with Crippen molar-refractivity contribution in [2.75, 3.05) is 31.6 Å². The summed E-state index contributed by atoms with van der Waals surface area (Å²) in [4.78, 5) is 2.71. The van der Waals surface area contributed by atoms with E-state index in [2.05, 4.69) is 37.2 Å². The van der Waals surface area contributed by atoms with E-state index in [9.17, 15) is 0 Å². The average Bonchev–Trinajstić information content (AvgIpc) is 2.29. The Morgan fingerprint density at radius 3 is 2.75 bits per heavy atom. The van der Waals surface area contributed by atoms with Crippen LogP contribution in [0, 0.1) is 5.92 Å². The SMILES string of the molecule is CCC1CN(CCCSC)C(C(C)C)CN1. The van der Waals surface area contributed by atoms with Crippen molar-refractivity contribution in [3.63, 3.8) is 0 Å². The highest BCUT2D eigenvalue weighted by molar-refractivity contribution is 7.98. The monoisotopic (exact) mass is 244 g/mol. The van der Waals surface area contributed by atoms with Crippen LogP contribution < -0.4 is 5.32 Å². The maximum absolute atomic E-state index is 3.67. The number of hydrogen-bond acceptors (Lipinski definition) is 3. The summed E-state index contributed by atoms with van der Waals surface area (Å²) in [7, 11) is 0. The van der Waals surface area contributed by atoms with Gasteiger partial charge in [-0.3, -0.25) is 4.90 Å². The van der Waals surface area contributed by atoms with Gasteiger partial charge in [0.1, 0.15) is 0 Å². The van der Waals surface area contributed by atoms with Gasteiger partial charge in [-0.2, -0.15) is 11.8 Å². The zero-order chi connectivity index (χ0) is 12.0. The Kier molecular flexibility index (Phi) is 6.78. The molecule has 0 bridgehead atoms. The predicted molar refractivity (Wildman–Crippen MR) is 75.3 cm³/mol. The smallest absolute Gasteiger partial charge is 0.0244 e. The molecule has 0 aromatic heterocycles. The van der Waals surface area contributed by atoms with E-state index in [0.717, 1.165) is 12.0 Å². The van der Waals surface area contributed by atoms with Crippen LogP contribution in [0.25, 0.3) is 0 Å². The topological polar surface area (TPSA) is 15.3 Å². The molecule has 1 heterocycles. The van der Waals surface area contributed by atoms with Gasteiger partial charge in [0.2, 0.25) is 0 Å². The second-order valence-electron chi connectivity index (χ2n) is 5.17. The van der Waals surface area contributed by atoms with Crippen molar-refractivity contribution >= 4 is 11.8 Å². The van der Waals surface area contributed by atoms with E-state index in [1.165, 1.54) is 38.2 Å². The number of nitrogens with zero attached hydrogens (tertiary/aromatic N) is 1. The van der Waals surface area contributed by atoms with Gasteiger partial charge in [-0.15, -0.1) is 0 Å². The van der Waals surface area contributed by atoms with Crippen molar-refractivity contribution in [2.45, 2.75) is 45.7 Å². The van der Waals surface area contributed by atoms with Gasteiger partial charge in [0.25, 0.3) is 0 Å².